The van der Waals surface area contributed by atoms with Gasteiger partial charge < -0.3 is 10.4 Å². The lowest BCUT2D eigenvalue weighted by atomic mass is 9.79. The zero-order valence-corrected chi connectivity index (χ0v) is 13.2. The minimum absolute atomic E-state index is 0.491. The second-order valence-electron chi connectivity index (χ2n) is 6.93. The van der Waals surface area contributed by atoms with Gasteiger partial charge in [-0.25, -0.2) is 0 Å². The van der Waals surface area contributed by atoms with E-state index in [4.69, 9.17) is 0 Å². The van der Waals surface area contributed by atoms with E-state index in [9.17, 15) is 5.11 Å². The molecule has 0 aromatic heterocycles. The fourth-order valence-electron chi connectivity index (χ4n) is 3.25. The van der Waals surface area contributed by atoms with Gasteiger partial charge in [-0.15, -0.1) is 0 Å². The fourth-order valence-corrected chi connectivity index (χ4v) is 3.25. The summed E-state index contributed by atoms with van der Waals surface area (Å²) in [6.45, 7) is 8.23. The van der Waals surface area contributed by atoms with E-state index in [0.29, 0.717) is 18.4 Å². The average molecular weight is 275 g/mol. The van der Waals surface area contributed by atoms with Gasteiger partial charge in [0.25, 0.3) is 0 Å². The van der Waals surface area contributed by atoms with E-state index in [0.717, 1.165) is 25.8 Å². The minimum atomic E-state index is -0.491. The smallest absolute Gasteiger partial charge is 0.0774 e. The second-order valence-corrected chi connectivity index (χ2v) is 6.93. The van der Waals surface area contributed by atoms with Gasteiger partial charge in [0.05, 0.1) is 5.60 Å². The number of aliphatic hydroxyl groups is 1. The van der Waals surface area contributed by atoms with Crippen molar-refractivity contribution in [2.45, 2.75) is 64.5 Å². The van der Waals surface area contributed by atoms with E-state index in [1.54, 1.807) is 0 Å². The van der Waals surface area contributed by atoms with Crippen LogP contribution in [0.4, 0.5) is 0 Å². The lowest BCUT2D eigenvalue weighted by Gasteiger charge is -2.35. The van der Waals surface area contributed by atoms with Crippen molar-refractivity contribution in [2.75, 3.05) is 6.54 Å². The Morgan fingerprint density at radius 3 is 2.60 bits per heavy atom. The van der Waals surface area contributed by atoms with Gasteiger partial charge in [-0.1, -0.05) is 57.9 Å². The van der Waals surface area contributed by atoms with Crippen molar-refractivity contribution in [3.05, 3.63) is 35.4 Å². The molecule has 2 N–H and O–H groups in total. The molecule has 1 aromatic rings. The second kappa shape index (κ2) is 6.73. The zero-order chi connectivity index (χ0) is 14.6. The summed E-state index contributed by atoms with van der Waals surface area (Å²) in [5.41, 5.74) is 2.19. The maximum Gasteiger partial charge on any atom is 0.0774 e. The SMILES string of the molecule is CC1CCCC(O)(CNCc2ccc(C(C)C)cc2)C1. The largest absolute Gasteiger partial charge is 0.389 e. The van der Waals surface area contributed by atoms with Crippen molar-refractivity contribution in [3.8, 4) is 0 Å². The molecule has 1 aromatic carbocycles. The molecular weight excluding hydrogens is 246 g/mol. The van der Waals surface area contributed by atoms with E-state index < -0.39 is 5.60 Å². The van der Waals surface area contributed by atoms with Crippen LogP contribution in [0.2, 0.25) is 0 Å². The first kappa shape index (κ1) is 15.5. The van der Waals surface area contributed by atoms with E-state index >= 15 is 0 Å². The molecule has 1 aliphatic carbocycles. The summed E-state index contributed by atoms with van der Waals surface area (Å²) in [7, 11) is 0. The quantitative estimate of drug-likeness (QED) is 0.855. The minimum Gasteiger partial charge on any atom is -0.389 e. The number of rotatable bonds is 5. The molecule has 0 spiro atoms. The molecule has 1 fully saturated rings. The molecule has 2 rings (SSSR count). The Morgan fingerprint density at radius 2 is 2.00 bits per heavy atom. The summed E-state index contributed by atoms with van der Waals surface area (Å²) >= 11 is 0. The normalized spacial score (nSPS) is 26.9. The van der Waals surface area contributed by atoms with Crippen molar-refractivity contribution in [3.63, 3.8) is 0 Å². The first-order valence-corrected chi connectivity index (χ1v) is 8.00. The van der Waals surface area contributed by atoms with E-state index in [1.165, 1.54) is 17.5 Å². The van der Waals surface area contributed by atoms with E-state index in [2.05, 4.69) is 50.4 Å². The Hall–Kier alpha value is -0.860. The van der Waals surface area contributed by atoms with Gasteiger partial charge >= 0.3 is 0 Å². The molecule has 0 radical (unpaired) electrons. The lowest BCUT2D eigenvalue weighted by molar-refractivity contribution is -0.0119. The summed E-state index contributed by atoms with van der Waals surface area (Å²) < 4.78 is 0. The van der Waals surface area contributed by atoms with Crippen LogP contribution in [0.3, 0.4) is 0 Å². The fraction of sp³-hybridized carbons (Fsp3) is 0.667. The maximum atomic E-state index is 10.6. The predicted molar refractivity (Wildman–Crippen MR) is 84.8 cm³/mol. The van der Waals surface area contributed by atoms with Gasteiger partial charge in [0.15, 0.2) is 0 Å². The van der Waals surface area contributed by atoms with Crippen LogP contribution in [0.1, 0.15) is 63.5 Å². The van der Waals surface area contributed by atoms with Crippen LogP contribution in [0, 0.1) is 5.92 Å². The van der Waals surface area contributed by atoms with Crippen molar-refractivity contribution in [1.29, 1.82) is 0 Å². The van der Waals surface area contributed by atoms with Gasteiger partial charge in [0.1, 0.15) is 0 Å². The Kier molecular flexibility index (Phi) is 5.22. The Morgan fingerprint density at radius 1 is 1.30 bits per heavy atom. The molecule has 20 heavy (non-hydrogen) atoms. The molecule has 112 valence electrons. The maximum absolute atomic E-state index is 10.6. The predicted octanol–water partition coefficient (Wildman–Crippen LogP) is 3.84. The molecule has 2 nitrogen and oxygen atoms in total. The molecule has 0 amide bonds. The Labute approximate surface area is 123 Å². The van der Waals surface area contributed by atoms with Crippen molar-refractivity contribution in [1.82, 2.24) is 5.32 Å². The summed E-state index contributed by atoms with van der Waals surface area (Å²) in [6.07, 6.45) is 4.30. The average Bonchev–Trinajstić information content (AvgIpc) is 2.38. The summed E-state index contributed by atoms with van der Waals surface area (Å²) in [5, 5.41) is 14.0. The molecule has 1 saturated carbocycles. The summed E-state index contributed by atoms with van der Waals surface area (Å²) in [5.74, 6) is 1.24. The van der Waals surface area contributed by atoms with Crippen LogP contribution in [0.25, 0.3) is 0 Å². The molecule has 2 unspecified atom stereocenters. The highest BCUT2D eigenvalue weighted by Crippen LogP contribution is 2.31. The third kappa shape index (κ3) is 4.32. The molecule has 0 heterocycles. The number of nitrogens with one attached hydrogen (secondary N) is 1. The van der Waals surface area contributed by atoms with Crippen molar-refractivity contribution in [2.24, 2.45) is 5.92 Å². The third-order valence-electron chi connectivity index (χ3n) is 4.50. The molecular formula is C18H29NO. The molecule has 0 bridgehead atoms. The highest BCUT2D eigenvalue weighted by molar-refractivity contribution is 5.24. The number of benzene rings is 1. The highest BCUT2D eigenvalue weighted by Gasteiger charge is 2.31. The van der Waals surface area contributed by atoms with Gasteiger partial charge in [-0.05, 0) is 35.8 Å². The van der Waals surface area contributed by atoms with Crippen LogP contribution in [0.5, 0.6) is 0 Å². The molecule has 2 atom stereocenters. The van der Waals surface area contributed by atoms with Crippen molar-refractivity contribution < 1.29 is 5.11 Å². The lowest BCUT2D eigenvalue weighted by Crippen LogP contribution is -2.43. The van der Waals surface area contributed by atoms with Crippen LogP contribution >= 0.6 is 0 Å². The standard InChI is InChI=1S/C18H29NO/c1-14(2)17-8-6-16(7-9-17)12-19-13-18(20)10-4-5-15(3)11-18/h6-9,14-15,19-20H,4-5,10-13H2,1-3H3. The highest BCUT2D eigenvalue weighted by atomic mass is 16.3. The number of hydrogen-bond acceptors (Lipinski definition) is 2. The monoisotopic (exact) mass is 275 g/mol. The Balaban J connectivity index is 1.80. The topological polar surface area (TPSA) is 32.3 Å². The van der Waals surface area contributed by atoms with Crippen LogP contribution < -0.4 is 5.32 Å². The molecule has 0 saturated heterocycles. The van der Waals surface area contributed by atoms with E-state index in [-0.39, 0.29) is 0 Å². The summed E-state index contributed by atoms with van der Waals surface area (Å²) in [4.78, 5) is 0. The van der Waals surface area contributed by atoms with Crippen LogP contribution in [0.15, 0.2) is 24.3 Å². The summed E-state index contributed by atoms with van der Waals surface area (Å²) in [6, 6.07) is 8.80. The van der Waals surface area contributed by atoms with Crippen LogP contribution in [-0.4, -0.2) is 17.3 Å². The van der Waals surface area contributed by atoms with Gasteiger partial charge in [-0.2, -0.15) is 0 Å². The first-order valence-electron chi connectivity index (χ1n) is 8.00. The molecule has 0 aliphatic heterocycles. The van der Waals surface area contributed by atoms with Gasteiger partial charge in [-0.3, -0.25) is 0 Å². The third-order valence-corrected chi connectivity index (χ3v) is 4.50. The van der Waals surface area contributed by atoms with Crippen LogP contribution in [-0.2, 0) is 6.54 Å². The molecule has 1 aliphatic rings. The zero-order valence-electron chi connectivity index (χ0n) is 13.2. The first-order chi connectivity index (χ1) is 9.48. The van der Waals surface area contributed by atoms with Gasteiger partial charge in [0.2, 0.25) is 0 Å². The Bertz CT molecular complexity index is 412. The van der Waals surface area contributed by atoms with Crippen molar-refractivity contribution >= 4 is 0 Å². The molecule has 2 heteroatoms. The van der Waals surface area contributed by atoms with Gasteiger partial charge in [0, 0.05) is 13.1 Å². The number of hydrogen-bond donors (Lipinski definition) is 2. The van der Waals surface area contributed by atoms with E-state index in [1.807, 2.05) is 0 Å².